The van der Waals surface area contributed by atoms with Crippen LogP contribution in [0.4, 0.5) is 0 Å². The van der Waals surface area contributed by atoms with E-state index in [1.54, 1.807) is 20.8 Å². The maximum absolute atomic E-state index is 11.7. The van der Waals surface area contributed by atoms with Gasteiger partial charge in [-0.15, -0.1) is 0 Å². The second kappa shape index (κ2) is 11.1. The Morgan fingerprint density at radius 3 is 2.19 bits per heavy atom. The highest BCUT2D eigenvalue weighted by molar-refractivity contribution is 8.13. The Morgan fingerprint density at radius 1 is 1.05 bits per heavy atom. The molecule has 1 amide bonds. The molecule has 0 rings (SSSR count). The van der Waals surface area contributed by atoms with E-state index in [-0.39, 0.29) is 37.7 Å². The molecule has 0 aromatic carbocycles. The number of esters is 2. The summed E-state index contributed by atoms with van der Waals surface area (Å²) in [7, 11) is 0. The molecule has 0 heterocycles. The van der Waals surface area contributed by atoms with Gasteiger partial charge in [-0.2, -0.15) is 0 Å². The number of hydrogen-bond donors (Lipinski definition) is 1. The highest BCUT2D eigenvalue weighted by Crippen LogP contribution is 2.10. The van der Waals surface area contributed by atoms with E-state index < -0.39 is 23.1 Å². The van der Waals surface area contributed by atoms with Crippen LogP contribution in [0.3, 0.4) is 0 Å². The molecule has 0 aromatic rings. The van der Waals surface area contributed by atoms with Gasteiger partial charge in [0.25, 0.3) is 0 Å². The van der Waals surface area contributed by atoms with Gasteiger partial charge >= 0.3 is 11.9 Å². The highest BCUT2D eigenvalue weighted by Gasteiger charge is 2.23. The third-order valence-electron chi connectivity index (χ3n) is 2.23. The van der Waals surface area contributed by atoms with Crippen molar-refractivity contribution in [1.29, 1.82) is 0 Å². The van der Waals surface area contributed by atoms with E-state index in [0.29, 0.717) is 0 Å². The lowest BCUT2D eigenvalue weighted by Crippen LogP contribution is -2.43. The van der Waals surface area contributed by atoms with Crippen molar-refractivity contribution in [1.82, 2.24) is 5.32 Å². The van der Waals surface area contributed by atoms with Crippen molar-refractivity contribution < 1.29 is 28.7 Å². The van der Waals surface area contributed by atoms with E-state index >= 15 is 0 Å². The Morgan fingerprint density at radius 2 is 1.67 bits per heavy atom. The molecule has 1 unspecified atom stereocenters. The van der Waals surface area contributed by atoms with Crippen LogP contribution in [0, 0.1) is 0 Å². The van der Waals surface area contributed by atoms with Gasteiger partial charge in [0, 0.05) is 12.2 Å². The van der Waals surface area contributed by atoms with E-state index in [1.807, 2.05) is 0 Å². The van der Waals surface area contributed by atoms with Crippen LogP contribution in [-0.4, -0.2) is 48.0 Å². The topological polar surface area (TPSA) is 98.8 Å². The largest absolute Gasteiger partial charge is 0.466 e. The molecule has 1 atom stereocenters. The van der Waals surface area contributed by atoms with E-state index in [2.05, 4.69) is 10.1 Å². The summed E-state index contributed by atoms with van der Waals surface area (Å²) in [5.74, 6) is -1.51. The van der Waals surface area contributed by atoms with Gasteiger partial charge in [0.05, 0.1) is 13.2 Å². The molecule has 21 heavy (non-hydrogen) atoms. The minimum atomic E-state index is -0.909. The van der Waals surface area contributed by atoms with Gasteiger partial charge in [0.15, 0.2) is 5.12 Å². The predicted octanol–water partition coefficient (Wildman–Crippen LogP) is 0.657. The summed E-state index contributed by atoms with van der Waals surface area (Å²) in [6, 6.07) is -0.909. The summed E-state index contributed by atoms with van der Waals surface area (Å²) < 4.78 is 9.48. The summed E-state index contributed by atoms with van der Waals surface area (Å²) in [5, 5.41) is 2.06. The summed E-state index contributed by atoms with van der Waals surface area (Å²) in [5.41, 5.74) is 0. The Bertz CT molecular complexity index is 385. The molecule has 0 aliphatic rings. The summed E-state index contributed by atoms with van der Waals surface area (Å²) in [6.45, 7) is 5.33. The minimum Gasteiger partial charge on any atom is -0.466 e. The maximum atomic E-state index is 11.7. The molecule has 0 fully saturated rings. The Balaban J connectivity index is 4.39. The van der Waals surface area contributed by atoms with Gasteiger partial charge in [-0.05, 0) is 13.8 Å². The van der Waals surface area contributed by atoms with Crippen molar-refractivity contribution in [2.75, 3.05) is 19.0 Å². The number of rotatable bonds is 9. The van der Waals surface area contributed by atoms with E-state index in [0.717, 1.165) is 11.8 Å². The average molecular weight is 319 g/mol. The van der Waals surface area contributed by atoms with Crippen LogP contribution in [0.25, 0.3) is 0 Å². The first kappa shape index (κ1) is 19.4. The fraction of sp³-hybridized carbons (Fsp3) is 0.692. The lowest BCUT2D eigenvalue weighted by molar-refractivity contribution is -0.146. The van der Waals surface area contributed by atoms with E-state index in [9.17, 15) is 19.2 Å². The van der Waals surface area contributed by atoms with Crippen molar-refractivity contribution in [2.24, 2.45) is 0 Å². The Kier molecular flexibility index (Phi) is 10.3. The molecule has 1 N–H and O–H groups in total. The van der Waals surface area contributed by atoms with Crippen LogP contribution in [-0.2, 0) is 28.7 Å². The molecule has 0 saturated carbocycles. The first-order chi connectivity index (χ1) is 9.94. The third-order valence-corrected chi connectivity index (χ3v) is 3.20. The third kappa shape index (κ3) is 9.06. The second-order valence-electron chi connectivity index (χ2n) is 3.89. The number of nitrogens with one attached hydrogen (secondary N) is 1. The molecular formula is C13H21NO6S. The number of thioether (sulfide) groups is 1. The molecule has 0 aliphatic heterocycles. The zero-order valence-electron chi connectivity index (χ0n) is 12.5. The van der Waals surface area contributed by atoms with Gasteiger partial charge in [0.1, 0.15) is 12.5 Å². The zero-order chi connectivity index (χ0) is 16.3. The molecule has 120 valence electrons. The quantitative estimate of drug-likeness (QED) is 0.492. The number of ether oxygens (including phenoxy) is 2. The Labute approximate surface area is 128 Å². The fourth-order valence-corrected chi connectivity index (χ4v) is 2.06. The van der Waals surface area contributed by atoms with Crippen LogP contribution in [0.15, 0.2) is 0 Å². The lowest BCUT2D eigenvalue weighted by atomic mass is 10.3. The summed E-state index contributed by atoms with van der Waals surface area (Å²) in [4.78, 5) is 45.7. The predicted molar refractivity (Wildman–Crippen MR) is 77.6 cm³/mol. The van der Waals surface area contributed by atoms with E-state index in [4.69, 9.17) is 4.74 Å². The van der Waals surface area contributed by atoms with Crippen molar-refractivity contribution >= 4 is 34.7 Å². The molecule has 0 saturated heterocycles. The van der Waals surface area contributed by atoms with Gasteiger partial charge in [-0.1, -0.05) is 18.7 Å². The second-order valence-corrected chi connectivity index (χ2v) is 4.97. The van der Waals surface area contributed by atoms with Crippen LogP contribution in [0.5, 0.6) is 0 Å². The average Bonchev–Trinajstić information content (AvgIpc) is 2.43. The summed E-state index contributed by atoms with van der Waals surface area (Å²) in [6.07, 6.45) is -0.146. The molecule has 7 nitrogen and oxygen atoms in total. The standard InChI is InChI=1S/C13H21NO6S/c1-4-10(15)14-9(13(18)20-6-3)8-21-12(17)7-11(16)19-5-2/h9H,4-8H2,1-3H3,(H,14,15). The van der Waals surface area contributed by atoms with Gasteiger partial charge in [0.2, 0.25) is 5.91 Å². The first-order valence-corrected chi connectivity index (χ1v) is 7.70. The highest BCUT2D eigenvalue weighted by atomic mass is 32.2. The molecule has 0 radical (unpaired) electrons. The minimum absolute atomic E-state index is 0.0167. The number of amides is 1. The van der Waals surface area contributed by atoms with Crippen molar-refractivity contribution in [2.45, 2.75) is 39.7 Å². The zero-order valence-corrected chi connectivity index (χ0v) is 13.3. The number of hydrogen-bond acceptors (Lipinski definition) is 7. The Hall–Kier alpha value is -1.57. The smallest absolute Gasteiger partial charge is 0.329 e. The van der Waals surface area contributed by atoms with Gasteiger partial charge in [-0.25, -0.2) is 4.79 Å². The first-order valence-electron chi connectivity index (χ1n) is 6.71. The van der Waals surface area contributed by atoms with Crippen molar-refractivity contribution in [3.05, 3.63) is 0 Å². The number of carbonyl (C=O) groups is 4. The fourth-order valence-electron chi connectivity index (χ4n) is 1.27. The molecule has 8 heteroatoms. The molecular weight excluding hydrogens is 298 g/mol. The molecule has 0 aromatic heterocycles. The van der Waals surface area contributed by atoms with Crippen molar-refractivity contribution in [3.63, 3.8) is 0 Å². The summed E-state index contributed by atoms with van der Waals surface area (Å²) >= 11 is 0.790. The lowest BCUT2D eigenvalue weighted by Gasteiger charge is -2.16. The maximum Gasteiger partial charge on any atom is 0.329 e. The van der Waals surface area contributed by atoms with Crippen LogP contribution < -0.4 is 5.32 Å². The molecule has 0 aliphatic carbocycles. The van der Waals surface area contributed by atoms with Crippen LogP contribution in [0.2, 0.25) is 0 Å². The normalized spacial score (nSPS) is 11.4. The van der Waals surface area contributed by atoms with Crippen LogP contribution in [0.1, 0.15) is 33.6 Å². The molecule has 0 bridgehead atoms. The molecule has 0 spiro atoms. The van der Waals surface area contributed by atoms with E-state index in [1.165, 1.54) is 0 Å². The van der Waals surface area contributed by atoms with Gasteiger partial charge < -0.3 is 14.8 Å². The van der Waals surface area contributed by atoms with Crippen molar-refractivity contribution in [3.8, 4) is 0 Å². The monoisotopic (exact) mass is 319 g/mol. The number of carbonyl (C=O) groups excluding carboxylic acids is 4. The SMILES string of the molecule is CCOC(=O)CC(=O)SCC(NC(=O)CC)C(=O)OCC. The van der Waals surface area contributed by atoms with Crippen LogP contribution >= 0.6 is 11.8 Å². The van der Waals surface area contributed by atoms with Gasteiger partial charge in [-0.3, -0.25) is 14.4 Å².